The van der Waals surface area contributed by atoms with E-state index in [1.165, 1.54) is 0 Å². The molecule has 0 amide bonds. The lowest BCUT2D eigenvalue weighted by molar-refractivity contribution is 0.515. The van der Waals surface area contributed by atoms with Crippen molar-refractivity contribution in [3.63, 3.8) is 0 Å². The molecule has 1 aromatic carbocycles. The minimum Gasteiger partial charge on any atom is -0.397 e. The third-order valence-corrected chi connectivity index (χ3v) is 2.85. The number of rotatable bonds is 0. The van der Waals surface area contributed by atoms with Crippen molar-refractivity contribution in [3.8, 4) is 0 Å². The number of nitrogen functional groups attached to an aromatic ring is 2. The number of benzene rings is 1. The number of anilines is 2. The van der Waals surface area contributed by atoms with Crippen molar-refractivity contribution < 1.29 is 0 Å². The largest absolute Gasteiger partial charge is 0.397 e. The van der Waals surface area contributed by atoms with Crippen LogP contribution in [0.1, 0.15) is 12.5 Å². The molecule has 18 heavy (non-hydrogen) atoms. The molecule has 0 saturated heterocycles. The Hall–Kier alpha value is -1.78. The lowest BCUT2D eigenvalue weighted by Gasteiger charge is -2.27. The van der Waals surface area contributed by atoms with E-state index in [2.05, 4.69) is 0 Å². The van der Waals surface area contributed by atoms with E-state index in [9.17, 15) is 0 Å². The van der Waals surface area contributed by atoms with Crippen LogP contribution in [0.4, 0.5) is 11.4 Å². The summed E-state index contributed by atoms with van der Waals surface area (Å²) in [6, 6.07) is 5.56. The summed E-state index contributed by atoms with van der Waals surface area (Å²) in [7, 11) is 0. The van der Waals surface area contributed by atoms with Crippen molar-refractivity contribution in [3.05, 3.63) is 48.1 Å². The Morgan fingerprint density at radius 2 is 1.78 bits per heavy atom. The van der Waals surface area contributed by atoms with Crippen LogP contribution in [0.5, 0.6) is 0 Å². The third kappa shape index (κ3) is 3.91. The van der Waals surface area contributed by atoms with Crippen molar-refractivity contribution in [2.24, 2.45) is 11.5 Å². The summed E-state index contributed by atoms with van der Waals surface area (Å²) in [4.78, 5) is 0. The van der Waals surface area contributed by atoms with E-state index >= 15 is 0 Å². The van der Waals surface area contributed by atoms with E-state index in [1.54, 1.807) is 0 Å². The second-order valence-electron chi connectivity index (χ2n) is 4.77. The lowest BCUT2D eigenvalue weighted by Crippen LogP contribution is -2.51. The van der Waals surface area contributed by atoms with Crippen LogP contribution >= 0.6 is 0 Å². The van der Waals surface area contributed by atoms with E-state index in [1.807, 2.05) is 56.4 Å². The molecule has 0 bridgehead atoms. The molecule has 2 unspecified atom stereocenters. The maximum absolute atomic E-state index is 5.76. The molecule has 2 atom stereocenters. The highest BCUT2D eigenvalue weighted by molar-refractivity contribution is 5.63. The first-order valence-electron chi connectivity index (χ1n) is 5.85. The molecule has 4 heteroatoms. The molecule has 8 N–H and O–H groups in total. The second-order valence-corrected chi connectivity index (χ2v) is 4.77. The smallest absolute Gasteiger partial charge is 0.0550 e. The highest BCUT2D eigenvalue weighted by Crippen LogP contribution is 2.14. The molecule has 0 spiro atoms. The summed E-state index contributed by atoms with van der Waals surface area (Å²) < 4.78 is 0. The highest BCUT2D eigenvalue weighted by atomic mass is 14.8. The SMILES string of the molecule is CC1(N)C=CC=CC1N.Cc1ccc(N)c(N)c1. The van der Waals surface area contributed by atoms with Crippen molar-refractivity contribution >= 4 is 11.4 Å². The molecule has 4 nitrogen and oxygen atoms in total. The van der Waals surface area contributed by atoms with E-state index < -0.39 is 0 Å². The third-order valence-electron chi connectivity index (χ3n) is 2.85. The van der Waals surface area contributed by atoms with Gasteiger partial charge >= 0.3 is 0 Å². The summed E-state index contributed by atoms with van der Waals surface area (Å²) in [6.45, 7) is 3.90. The van der Waals surface area contributed by atoms with Crippen LogP contribution in [0.2, 0.25) is 0 Å². The maximum atomic E-state index is 5.76. The first kappa shape index (κ1) is 14.3. The molecule has 0 aromatic heterocycles. The minimum absolute atomic E-state index is 0.0394. The summed E-state index contributed by atoms with van der Waals surface area (Å²) in [5, 5.41) is 0. The molecule has 0 fully saturated rings. The molecular formula is C14H22N4. The molecule has 98 valence electrons. The quantitative estimate of drug-likeness (QED) is 0.518. The van der Waals surface area contributed by atoms with Gasteiger partial charge in [-0.3, -0.25) is 0 Å². The first-order chi connectivity index (χ1) is 8.33. The Bertz CT molecular complexity index is 461. The maximum Gasteiger partial charge on any atom is 0.0550 e. The van der Waals surface area contributed by atoms with Crippen LogP contribution in [0.3, 0.4) is 0 Å². The van der Waals surface area contributed by atoms with Gasteiger partial charge < -0.3 is 22.9 Å². The number of nitrogens with two attached hydrogens (primary N) is 4. The zero-order valence-corrected chi connectivity index (χ0v) is 10.9. The fourth-order valence-corrected chi connectivity index (χ4v) is 1.46. The average molecular weight is 246 g/mol. The van der Waals surface area contributed by atoms with Gasteiger partial charge in [0.15, 0.2) is 0 Å². The summed E-state index contributed by atoms with van der Waals surface area (Å²) in [6.07, 6.45) is 7.65. The molecule has 1 aromatic rings. The van der Waals surface area contributed by atoms with Crippen LogP contribution in [-0.2, 0) is 0 Å². The normalized spacial score (nSPS) is 25.4. The van der Waals surface area contributed by atoms with E-state index in [0.29, 0.717) is 11.4 Å². The zero-order valence-electron chi connectivity index (χ0n) is 10.9. The number of allylic oxidation sites excluding steroid dienone is 2. The molecule has 2 rings (SSSR count). The molecule has 1 aliphatic rings. The number of aryl methyl sites for hydroxylation is 1. The Kier molecular flexibility index (Phi) is 4.53. The summed E-state index contributed by atoms with van der Waals surface area (Å²) in [5.74, 6) is 0. The van der Waals surface area contributed by atoms with Gasteiger partial charge in [0.1, 0.15) is 0 Å². The van der Waals surface area contributed by atoms with Gasteiger partial charge in [0, 0.05) is 6.04 Å². The Morgan fingerprint density at radius 3 is 2.17 bits per heavy atom. The van der Waals surface area contributed by atoms with Gasteiger partial charge in [-0.25, -0.2) is 0 Å². The topological polar surface area (TPSA) is 104 Å². The first-order valence-corrected chi connectivity index (χ1v) is 5.85. The molecule has 0 saturated carbocycles. The van der Waals surface area contributed by atoms with Crippen molar-refractivity contribution in [2.45, 2.75) is 25.4 Å². The van der Waals surface area contributed by atoms with Gasteiger partial charge in [0.2, 0.25) is 0 Å². The van der Waals surface area contributed by atoms with Crippen LogP contribution < -0.4 is 22.9 Å². The second kappa shape index (κ2) is 5.71. The van der Waals surface area contributed by atoms with Gasteiger partial charge in [0.05, 0.1) is 16.9 Å². The number of hydrogen-bond donors (Lipinski definition) is 4. The average Bonchev–Trinajstić information content (AvgIpc) is 2.29. The van der Waals surface area contributed by atoms with Crippen molar-refractivity contribution in [1.82, 2.24) is 0 Å². The molecule has 0 heterocycles. The highest BCUT2D eigenvalue weighted by Gasteiger charge is 2.22. The lowest BCUT2D eigenvalue weighted by atomic mass is 9.90. The fourth-order valence-electron chi connectivity index (χ4n) is 1.46. The number of hydrogen-bond acceptors (Lipinski definition) is 4. The molecule has 0 radical (unpaired) electrons. The van der Waals surface area contributed by atoms with Gasteiger partial charge in [-0.1, -0.05) is 30.4 Å². The molecular weight excluding hydrogens is 224 g/mol. The van der Waals surface area contributed by atoms with Gasteiger partial charge in [0.25, 0.3) is 0 Å². The Balaban J connectivity index is 0.000000180. The van der Waals surface area contributed by atoms with Gasteiger partial charge in [-0.15, -0.1) is 0 Å². The fraction of sp³-hybridized carbons (Fsp3) is 0.286. The van der Waals surface area contributed by atoms with Gasteiger partial charge in [-0.05, 0) is 31.5 Å². The van der Waals surface area contributed by atoms with Crippen LogP contribution in [0.15, 0.2) is 42.5 Å². The minimum atomic E-state index is -0.352. The molecule has 1 aliphatic carbocycles. The Morgan fingerprint density at radius 1 is 1.11 bits per heavy atom. The summed E-state index contributed by atoms with van der Waals surface area (Å²) >= 11 is 0. The standard InChI is InChI=1S/C7H10N2.C7H12N2/c1-5-2-3-6(8)7(9)4-5;1-7(9)5-3-2-4-6(7)8/h2-4H,8-9H2,1H3;2-6H,8-9H2,1H3. The van der Waals surface area contributed by atoms with E-state index in [0.717, 1.165) is 5.56 Å². The van der Waals surface area contributed by atoms with Crippen molar-refractivity contribution in [2.75, 3.05) is 11.5 Å². The Labute approximate surface area is 108 Å². The van der Waals surface area contributed by atoms with Crippen LogP contribution in [0.25, 0.3) is 0 Å². The van der Waals surface area contributed by atoms with E-state index in [-0.39, 0.29) is 11.6 Å². The van der Waals surface area contributed by atoms with Gasteiger partial charge in [-0.2, -0.15) is 0 Å². The predicted octanol–water partition coefficient (Wildman–Crippen LogP) is 1.32. The van der Waals surface area contributed by atoms with Crippen molar-refractivity contribution in [1.29, 1.82) is 0 Å². The molecule has 0 aliphatic heterocycles. The summed E-state index contributed by atoms with van der Waals surface area (Å²) in [5.41, 5.74) is 24.5. The zero-order chi connectivity index (χ0) is 13.8. The van der Waals surface area contributed by atoms with Crippen LogP contribution in [-0.4, -0.2) is 11.6 Å². The van der Waals surface area contributed by atoms with E-state index in [4.69, 9.17) is 22.9 Å². The monoisotopic (exact) mass is 246 g/mol. The predicted molar refractivity (Wildman–Crippen MR) is 78.9 cm³/mol. The van der Waals surface area contributed by atoms with Crippen LogP contribution in [0, 0.1) is 6.92 Å².